The van der Waals surface area contributed by atoms with Gasteiger partial charge in [0.2, 0.25) is 0 Å². The summed E-state index contributed by atoms with van der Waals surface area (Å²) in [6.45, 7) is 4.84. The van der Waals surface area contributed by atoms with Crippen LogP contribution < -0.4 is 0 Å². The highest BCUT2D eigenvalue weighted by Gasteiger charge is 2.29. The summed E-state index contributed by atoms with van der Waals surface area (Å²) in [7, 11) is 1.75. The van der Waals surface area contributed by atoms with Crippen LogP contribution in [-0.2, 0) is 4.74 Å². The SMILES string of the molecule is CC(C)C1CN(C)C(=O)O1. The Kier molecular flexibility index (Phi) is 1.83. The Hall–Kier alpha value is -0.730. The number of hydrogen-bond donors (Lipinski definition) is 0. The largest absolute Gasteiger partial charge is 0.444 e. The zero-order chi connectivity index (χ0) is 7.72. The minimum atomic E-state index is -0.196. The van der Waals surface area contributed by atoms with Gasteiger partial charge in [0.05, 0.1) is 6.54 Å². The van der Waals surface area contributed by atoms with Crippen LogP contribution in [0.5, 0.6) is 0 Å². The summed E-state index contributed by atoms with van der Waals surface area (Å²) in [6.07, 6.45) is -0.101. The highest BCUT2D eigenvalue weighted by molar-refractivity contribution is 5.69. The monoisotopic (exact) mass is 143 g/mol. The minimum Gasteiger partial charge on any atom is -0.444 e. The van der Waals surface area contributed by atoms with Crippen molar-refractivity contribution in [2.24, 2.45) is 5.92 Å². The van der Waals surface area contributed by atoms with Gasteiger partial charge in [0.1, 0.15) is 6.10 Å². The molecule has 0 saturated carbocycles. The standard InChI is InChI=1S/C7H13NO2/c1-5(2)6-4-8(3)7(9)10-6/h5-6H,4H2,1-3H3. The maximum absolute atomic E-state index is 10.8. The van der Waals surface area contributed by atoms with Crippen molar-refractivity contribution in [3.63, 3.8) is 0 Å². The molecule has 10 heavy (non-hydrogen) atoms. The van der Waals surface area contributed by atoms with Crippen LogP contribution in [0.25, 0.3) is 0 Å². The number of cyclic esters (lactones) is 1. The topological polar surface area (TPSA) is 29.5 Å². The average molecular weight is 143 g/mol. The molecule has 0 aromatic rings. The Morgan fingerprint density at radius 3 is 2.50 bits per heavy atom. The molecule has 0 radical (unpaired) electrons. The van der Waals surface area contributed by atoms with Crippen LogP contribution >= 0.6 is 0 Å². The number of hydrogen-bond acceptors (Lipinski definition) is 2. The van der Waals surface area contributed by atoms with Crippen molar-refractivity contribution in [1.29, 1.82) is 0 Å². The Labute approximate surface area is 61.0 Å². The normalized spacial score (nSPS) is 25.8. The summed E-state index contributed by atoms with van der Waals surface area (Å²) in [6, 6.07) is 0. The molecule has 0 aromatic carbocycles. The van der Waals surface area contributed by atoms with Gasteiger partial charge in [0.25, 0.3) is 0 Å². The van der Waals surface area contributed by atoms with Gasteiger partial charge < -0.3 is 9.64 Å². The van der Waals surface area contributed by atoms with Gasteiger partial charge in [0, 0.05) is 7.05 Å². The molecule has 0 bridgehead atoms. The molecule has 1 saturated heterocycles. The third kappa shape index (κ3) is 1.23. The van der Waals surface area contributed by atoms with E-state index in [0.29, 0.717) is 5.92 Å². The van der Waals surface area contributed by atoms with Gasteiger partial charge in [-0.05, 0) is 5.92 Å². The van der Waals surface area contributed by atoms with Crippen molar-refractivity contribution in [1.82, 2.24) is 4.90 Å². The molecule has 0 aliphatic carbocycles. The smallest absolute Gasteiger partial charge is 0.409 e. The van der Waals surface area contributed by atoms with Crippen molar-refractivity contribution in [3.05, 3.63) is 0 Å². The molecule has 1 aliphatic rings. The van der Waals surface area contributed by atoms with Gasteiger partial charge in [-0.25, -0.2) is 4.79 Å². The summed E-state index contributed by atoms with van der Waals surface area (Å²) in [5, 5.41) is 0. The van der Waals surface area contributed by atoms with E-state index >= 15 is 0 Å². The molecule has 0 N–H and O–H groups in total. The van der Waals surface area contributed by atoms with E-state index in [1.165, 1.54) is 0 Å². The van der Waals surface area contributed by atoms with E-state index in [1.54, 1.807) is 11.9 Å². The Morgan fingerprint density at radius 1 is 1.70 bits per heavy atom. The first-order valence-corrected chi connectivity index (χ1v) is 3.53. The van der Waals surface area contributed by atoms with E-state index in [2.05, 4.69) is 13.8 Å². The number of carbonyl (C=O) groups is 1. The second-order valence-electron chi connectivity index (χ2n) is 3.05. The molecule has 3 nitrogen and oxygen atoms in total. The van der Waals surface area contributed by atoms with Gasteiger partial charge in [-0.15, -0.1) is 0 Å². The van der Waals surface area contributed by atoms with Crippen LogP contribution in [0.1, 0.15) is 13.8 Å². The zero-order valence-electron chi connectivity index (χ0n) is 6.63. The molecule has 1 rings (SSSR count). The molecule has 3 heteroatoms. The second kappa shape index (κ2) is 2.48. The first kappa shape index (κ1) is 7.38. The first-order valence-electron chi connectivity index (χ1n) is 3.53. The number of nitrogens with zero attached hydrogens (tertiary/aromatic N) is 1. The number of rotatable bonds is 1. The van der Waals surface area contributed by atoms with Gasteiger partial charge in [0.15, 0.2) is 0 Å². The lowest BCUT2D eigenvalue weighted by atomic mass is 10.1. The van der Waals surface area contributed by atoms with Crippen LogP contribution in [0.4, 0.5) is 4.79 Å². The average Bonchev–Trinajstić information content (AvgIpc) is 2.13. The molecule has 0 spiro atoms. The van der Waals surface area contributed by atoms with Crippen LogP contribution in [0.2, 0.25) is 0 Å². The molecule has 1 unspecified atom stereocenters. The number of likely N-dealkylation sites (N-methyl/N-ethyl adjacent to an activating group) is 1. The van der Waals surface area contributed by atoms with Crippen molar-refractivity contribution >= 4 is 6.09 Å². The van der Waals surface area contributed by atoms with Crippen LogP contribution in [0, 0.1) is 5.92 Å². The molecule has 58 valence electrons. The third-order valence-electron chi connectivity index (χ3n) is 1.76. The molecule has 1 heterocycles. The first-order chi connectivity index (χ1) is 4.61. The predicted molar refractivity (Wildman–Crippen MR) is 37.7 cm³/mol. The van der Waals surface area contributed by atoms with E-state index in [1.807, 2.05) is 0 Å². The predicted octanol–water partition coefficient (Wildman–Crippen LogP) is 1.09. The molecule has 0 aromatic heterocycles. The molecular weight excluding hydrogens is 130 g/mol. The van der Waals surface area contributed by atoms with Gasteiger partial charge in [-0.2, -0.15) is 0 Å². The van der Waals surface area contributed by atoms with E-state index in [-0.39, 0.29) is 12.2 Å². The lowest BCUT2D eigenvalue weighted by molar-refractivity contribution is 0.113. The van der Waals surface area contributed by atoms with Gasteiger partial charge in [-0.3, -0.25) is 0 Å². The molecule has 1 aliphatic heterocycles. The molecule has 1 amide bonds. The van der Waals surface area contributed by atoms with E-state index in [4.69, 9.17) is 4.74 Å². The summed E-state index contributed by atoms with van der Waals surface area (Å²) in [4.78, 5) is 12.4. The fraction of sp³-hybridized carbons (Fsp3) is 0.857. The van der Waals surface area contributed by atoms with E-state index in [0.717, 1.165) is 6.54 Å². The van der Waals surface area contributed by atoms with E-state index in [9.17, 15) is 4.79 Å². The fourth-order valence-electron chi connectivity index (χ4n) is 0.948. The number of amides is 1. The maximum Gasteiger partial charge on any atom is 0.409 e. The van der Waals surface area contributed by atoms with Crippen molar-refractivity contribution in [3.8, 4) is 0 Å². The minimum absolute atomic E-state index is 0.0949. The molecule has 1 fully saturated rings. The molecule has 1 atom stereocenters. The van der Waals surface area contributed by atoms with Gasteiger partial charge in [-0.1, -0.05) is 13.8 Å². The Bertz CT molecular complexity index is 145. The zero-order valence-corrected chi connectivity index (χ0v) is 6.63. The summed E-state index contributed by atoms with van der Waals surface area (Å²) in [5.41, 5.74) is 0. The summed E-state index contributed by atoms with van der Waals surface area (Å²) < 4.78 is 5.02. The maximum atomic E-state index is 10.8. The highest BCUT2D eigenvalue weighted by atomic mass is 16.6. The highest BCUT2D eigenvalue weighted by Crippen LogP contribution is 2.15. The van der Waals surface area contributed by atoms with Crippen LogP contribution in [0.3, 0.4) is 0 Å². The van der Waals surface area contributed by atoms with Gasteiger partial charge >= 0.3 is 6.09 Å². The Morgan fingerprint density at radius 2 is 2.30 bits per heavy atom. The van der Waals surface area contributed by atoms with Crippen molar-refractivity contribution in [2.75, 3.05) is 13.6 Å². The third-order valence-corrected chi connectivity index (χ3v) is 1.76. The molecular formula is C7H13NO2. The number of ether oxygens (including phenoxy) is 1. The van der Waals surface area contributed by atoms with E-state index < -0.39 is 0 Å². The second-order valence-corrected chi connectivity index (χ2v) is 3.05. The van der Waals surface area contributed by atoms with Crippen molar-refractivity contribution in [2.45, 2.75) is 20.0 Å². The summed E-state index contributed by atoms with van der Waals surface area (Å²) >= 11 is 0. The van der Waals surface area contributed by atoms with Crippen LogP contribution in [-0.4, -0.2) is 30.7 Å². The number of carbonyl (C=O) groups excluding carboxylic acids is 1. The quantitative estimate of drug-likeness (QED) is 0.550. The van der Waals surface area contributed by atoms with Crippen LogP contribution in [0.15, 0.2) is 0 Å². The lowest BCUT2D eigenvalue weighted by Crippen LogP contribution is -2.21. The van der Waals surface area contributed by atoms with Crippen molar-refractivity contribution < 1.29 is 9.53 Å². The summed E-state index contributed by atoms with van der Waals surface area (Å²) in [5.74, 6) is 0.425. The fourth-order valence-corrected chi connectivity index (χ4v) is 0.948. The lowest BCUT2D eigenvalue weighted by Gasteiger charge is -2.10. The Balaban J connectivity index is 2.49.